The smallest absolute Gasteiger partial charge is 0.173 e. The van der Waals surface area contributed by atoms with E-state index >= 15 is 0 Å². The van der Waals surface area contributed by atoms with Gasteiger partial charge in [0.2, 0.25) is 0 Å². The van der Waals surface area contributed by atoms with Gasteiger partial charge in [0.05, 0.1) is 12.1 Å². The van der Waals surface area contributed by atoms with Crippen LogP contribution < -0.4 is 0 Å². The molecule has 0 amide bonds. The summed E-state index contributed by atoms with van der Waals surface area (Å²) in [6.45, 7) is 3.74. The highest BCUT2D eigenvalue weighted by Gasteiger charge is 2.30. The summed E-state index contributed by atoms with van der Waals surface area (Å²) in [5, 5.41) is 12.8. The van der Waals surface area contributed by atoms with Gasteiger partial charge in [-0.3, -0.25) is 4.90 Å². The van der Waals surface area contributed by atoms with Gasteiger partial charge in [0.25, 0.3) is 0 Å². The largest absolute Gasteiger partial charge is 0.286 e. The van der Waals surface area contributed by atoms with Crippen molar-refractivity contribution in [2.24, 2.45) is 0 Å². The minimum atomic E-state index is -0.232. The number of nitrogens with zero attached hydrogens (tertiary/aromatic N) is 5. The van der Waals surface area contributed by atoms with E-state index in [4.69, 9.17) is 0 Å². The first-order chi connectivity index (χ1) is 13.8. The minimum Gasteiger partial charge on any atom is -0.286 e. The summed E-state index contributed by atoms with van der Waals surface area (Å²) in [6, 6.07) is 17.3. The van der Waals surface area contributed by atoms with Crippen LogP contribution in [0.4, 0.5) is 4.39 Å². The molecule has 3 aromatic rings. The number of aromatic nitrogens is 4. The molecule has 0 radical (unpaired) electrons. The van der Waals surface area contributed by atoms with Crippen LogP contribution in [0.1, 0.15) is 61.6 Å². The Kier molecular flexibility index (Phi) is 5.76. The van der Waals surface area contributed by atoms with Crippen LogP contribution in [0.5, 0.6) is 0 Å². The zero-order valence-corrected chi connectivity index (χ0v) is 16.2. The van der Waals surface area contributed by atoms with Gasteiger partial charge in [-0.1, -0.05) is 62.2 Å². The van der Waals surface area contributed by atoms with Gasteiger partial charge in [-0.15, -0.1) is 5.10 Å². The second kappa shape index (κ2) is 8.61. The summed E-state index contributed by atoms with van der Waals surface area (Å²) >= 11 is 0. The Morgan fingerprint density at radius 2 is 1.79 bits per heavy atom. The third kappa shape index (κ3) is 3.97. The first-order valence-corrected chi connectivity index (χ1v) is 10.1. The Balaban J connectivity index is 1.73. The van der Waals surface area contributed by atoms with E-state index in [9.17, 15) is 4.39 Å². The standard InChI is InChI=1S/C22H26FN5/c1-2-27(16-17-8-4-3-5-9-17)21(18-12-14-19(23)15-13-18)22-24-25-26-28(22)20-10-6-7-11-20/h3-5,8-9,12-15,20-21H,2,6-7,10-11,16H2,1H3/t21-/m1/s1. The second-order valence-corrected chi connectivity index (χ2v) is 7.42. The van der Waals surface area contributed by atoms with E-state index in [0.717, 1.165) is 37.3 Å². The molecule has 0 saturated heterocycles. The molecule has 146 valence electrons. The van der Waals surface area contributed by atoms with Crippen molar-refractivity contribution in [1.29, 1.82) is 0 Å². The monoisotopic (exact) mass is 379 g/mol. The molecule has 2 aromatic carbocycles. The molecule has 1 saturated carbocycles. The van der Waals surface area contributed by atoms with E-state index in [1.807, 2.05) is 22.9 Å². The average molecular weight is 379 g/mol. The van der Waals surface area contributed by atoms with Crippen LogP contribution in [0.3, 0.4) is 0 Å². The normalized spacial score (nSPS) is 16.0. The molecule has 0 bridgehead atoms. The maximum Gasteiger partial charge on any atom is 0.173 e. The molecule has 1 atom stereocenters. The first-order valence-electron chi connectivity index (χ1n) is 10.1. The van der Waals surface area contributed by atoms with Crippen molar-refractivity contribution < 1.29 is 4.39 Å². The van der Waals surface area contributed by atoms with Crippen molar-refractivity contribution in [3.8, 4) is 0 Å². The van der Waals surface area contributed by atoms with Crippen molar-refractivity contribution in [2.45, 2.75) is 51.2 Å². The van der Waals surface area contributed by atoms with E-state index < -0.39 is 0 Å². The summed E-state index contributed by atoms with van der Waals surface area (Å²) in [6.07, 6.45) is 4.65. The fraction of sp³-hybridized carbons (Fsp3) is 0.409. The molecule has 1 aromatic heterocycles. The lowest BCUT2D eigenvalue weighted by atomic mass is 10.0. The molecule has 28 heavy (non-hydrogen) atoms. The molecular weight excluding hydrogens is 353 g/mol. The molecule has 1 aliphatic carbocycles. The highest BCUT2D eigenvalue weighted by molar-refractivity contribution is 5.26. The fourth-order valence-corrected chi connectivity index (χ4v) is 4.16. The lowest BCUT2D eigenvalue weighted by Crippen LogP contribution is -2.32. The first kappa shape index (κ1) is 18.7. The molecular formula is C22H26FN5. The van der Waals surface area contributed by atoms with Gasteiger partial charge in [-0.2, -0.15) is 0 Å². The van der Waals surface area contributed by atoms with Crippen LogP contribution >= 0.6 is 0 Å². The predicted molar refractivity (Wildman–Crippen MR) is 106 cm³/mol. The molecule has 0 unspecified atom stereocenters. The number of benzene rings is 2. The van der Waals surface area contributed by atoms with Crippen molar-refractivity contribution in [1.82, 2.24) is 25.1 Å². The number of hydrogen-bond donors (Lipinski definition) is 0. The van der Waals surface area contributed by atoms with E-state index in [2.05, 4.69) is 51.6 Å². The summed E-state index contributed by atoms with van der Waals surface area (Å²) in [5.41, 5.74) is 2.24. The van der Waals surface area contributed by atoms with Crippen molar-refractivity contribution in [3.05, 3.63) is 77.4 Å². The van der Waals surface area contributed by atoms with E-state index in [-0.39, 0.29) is 11.9 Å². The fourth-order valence-electron chi connectivity index (χ4n) is 4.16. The third-order valence-electron chi connectivity index (χ3n) is 5.62. The van der Waals surface area contributed by atoms with Gasteiger partial charge in [0.1, 0.15) is 5.82 Å². The molecule has 5 nitrogen and oxygen atoms in total. The maximum absolute atomic E-state index is 13.6. The van der Waals surface area contributed by atoms with Crippen LogP contribution in [-0.4, -0.2) is 31.7 Å². The van der Waals surface area contributed by atoms with E-state index in [1.165, 1.54) is 30.5 Å². The highest BCUT2D eigenvalue weighted by Crippen LogP contribution is 2.34. The second-order valence-electron chi connectivity index (χ2n) is 7.42. The van der Waals surface area contributed by atoms with Gasteiger partial charge < -0.3 is 0 Å². The quantitative estimate of drug-likeness (QED) is 0.605. The molecule has 0 spiro atoms. The van der Waals surface area contributed by atoms with Crippen LogP contribution in [0.15, 0.2) is 54.6 Å². The summed E-state index contributed by atoms with van der Waals surface area (Å²) in [4.78, 5) is 2.35. The Morgan fingerprint density at radius 3 is 2.46 bits per heavy atom. The van der Waals surface area contributed by atoms with Crippen molar-refractivity contribution in [2.75, 3.05) is 6.54 Å². The Bertz CT molecular complexity index is 871. The molecule has 0 N–H and O–H groups in total. The average Bonchev–Trinajstić information content (AvgIpc) is 3.41. The molecule has 4 rings (SSSR count). The number of rotatable bonds is 7. The SMILES string of the molecule is CCN(Cc1ccccc1)[C@H](c1ccc(F)cc1)c1nnnn1C1CCCC1. The van der Waals surface area contributed by atoms with Crippen molar-refractivity contribution >= 4 is 0 Å². The third-order valence-corrected chi connectivity index (χ3v) is 5.62. The lowest BCUT2D eigenvalue weighted by molar-refractivity contribution is 0.211. The summed E-state index contributed by atoms with van der Waals surface area (Å²) in [5.74, 6) is 0.611. The van der Waals surface area contributed by atoms with Crippen LogP contribution in [-0.2, 0) is 6.54 Å². The van der Waals surface area contributed by atoms with Crippen molar-refractivity contribution in [3.63, 3.8) is 0 Å². The maximum atomic E-state index is 13.6. The van der Waals surface area contributed by atoms with Crippen LogP contribution in [0.25, 0.3) is 0 Å². The van der Waals surface area contributed by atoms with Gasteiger partial charge in [0.15, 0.2) is 5.82 Å². The van der Waals surface area contributed by atoms with Gasteiger partial charge in [-0.05, 0) is 53.1 Å². The zero-order chi connectivity index (χ0) is 19.3. The summed E-state index contributed by atoms with van der Waals surface area (Å²) < 4.78 is 15.6. The number of halogens is 1. The number of hydrogen-bond acceptors (Lipinski definition) is 4. The Labute approximate surface area is 165 Å². The highest BCUT2D eigenvalue weighted by atomic mass is 19.1. The zero-order valence-electron chi connectivity index (χ0n) is 16.2. The van der Waals surface area contributed by atoms with Gasteiger partial charge in [-0.25, -0.2) is 9.07 Å². The predicted octanol–water partition coefficient (Wildman–Crippen LogP) is 4.54. The molecule has 0 aliphatic heterocycles. The van der Waals surface area contributed by atoms with Gasteiger partial charge >= 0.3 is 0 Å². The Hall–Kier alpha value is -2.60. The number of tetrazole rings is 1. The molecule has 1 heterocycles. The molecule has 1 aliphatic rings. The topological polar surface area (TPSA) is 46.8 Å². The Morgan fingerprint density at radius 1 is 1.07 bits per heavy atom. The summed E-state index contributed by atoms with van der Waals surface area (Å²) in [7, 11) is 0. The lowest BCUT2D eigenvalue weighted by Gasteiger charge is -2.31. The molecule has 6 heteroatoms. The molecule has 1 fully saturated rings. The van der Waals surface area contributed by atoms with E-state index in [1.54, 1.807) is 0 Å². The van der Waals surface area contributed by atoms with Crippen LogP contribution in [0, 0.1) is 5.82 Å². The minimum absolute atomic E-state index is 0.124. The van der Waals surface area contributed by atoms with Crippen LogP contribution in [0.2, 0.25) is 0 Å². The van der Waals surface area contributed by atoms with Gasteiger partial charge in [0, 0.05) is 6.54 Å². The van der Waals surface area contributed by atoms with E-state index in [0.29, 0.717) is 6.04 Å².